The fraction of sp³-hybridized carbons (Fsp3) is 0.650. The predicted molar refractivity (Wildman–Crippen MR) is 119 cm³/mol. The van der Waals surface area contributed by atoms with Crippen LogP contribution in [0.15, 0.2) is 29.3 Å². The zero-order chi connectivity index (χ0) is 20.7. The maximum Gasteiger partial charge on any atom is 0.573 e. The third kappa shape index (κ3) is 8.10. The zero-order valence-corrected chi connectivity index (χ0v) is 19.2. The van der Waals surface area contributed by atoms with Crippen molar-refractivity contribution in [3.05, 3.63) is 29.8 Å². The number of guanidine groups is 1. The number of nitrogens with one attached hydrogen (secondary N) is 2. The van der Waals surface area contributed by atoms with E-state index in [1.54, 1.807) is 18.2 Å². The molecule has 2 aliphatic rings. The van der Waals surface area contributed by atoms with Crippen LogP contribution in [-0.4, -0.2) is 57.4 Å². The minimum Gasteiger partial charge on any atom is -0.405 e. The molecule has 3 unspecified atom stereocenters. The average molecular weight is 543 g/mol. The van der Waals surface area contributed by atoms with Crippen molar-refractivity contribution < 1.29 is 27.4 Å². The SMILES string of the molecule is CCNC(=NCCCOC1CCOC1)NC1CC1c1ccccc1OC(F)(F)F.I. The molecule has 1 aliphatic heterocycles. The van der Waals surface area contributed by atoms with Gasteiger partial charge in [0.2, 0.25) is 0 Å². The Hall–Kier alpha value is -1.27. The summed E-state index contributed by atoms with van der Waals surface area (Å²) in [5.41, 5.74) is 0.561. The number of hydrogen-bond acceptors (Lipinski definition) is 4. The summed E-state index contributed by atoms with van der Waals surface area (Å²) in [6, 6.07) is 6.33. The monoisotopic (exact) mass is 543 g/mol. The Morgan fingerprint density at radius 3 is 2.80 bits per heavy atom. The Balaban J connectivity index is 0.00000320. The Labute approximate surface area is 192 Å². The maximum atomic E-state index is 12.6. The van der Waals surface area contributed by atoms with E-state index in [0.29, 0.717) is 37.8 Å². The largest absolute Gasteiger partial charge is 0.573 e. The molecule has 0 spiro atoms. The van der Waals surface area contributed by atoms with Crippen molar-refractivity contribution in [1.29, 1.82) is 0 Å². The van der Waals surface area contributed by atoms with Gasteiger partial charge in [0, 0.05) is 38.3 Å². The van der Waals surface area contributed by atoms with Crippen molar-refractivity contribution in [2.75, 3.05) is 32.9 Å². The van der Waals surface area contributed by atoms with Gasteiger partial charge in [-0.2, -0.15) is 0 Å². The lowest BCUT2D eigenvalue weighted by molar-refractivity contribution is -0.274. The van der Waals surface area contributed by atoms with Gasteiger partial charge < -0.3 is 24.8 Å². The van der Waals surface area contributed by atoms with Gasteiger partial charge in [-0.25, -0.2) is 0 Å². The van der Waals surface area contributed by atoms with Crippen molar-refractivity contribution >= 4 is 29.9 Å². The molecule has 0 aromatic heterocycles. The second-order valence-electron chi connectivity index (χ2n) is 7.15. The molecular formula is C20H29F3IN3O3. The molecule has 1 aromatic carbocycles. The van der Waals surface area contributed by atoms with Crippen LogP contribution in [0.2, 0.25) is 0 Å². The normalized spacial score (nSPS) is 23.6. The van der Waals surface area contributed by atoms with Crippen molar-refractivity contribution in [3.8, 4) is 5.75 Å². The third-order valence-corrected chi connectivity index (χ3v) is 4.81. The molecule has 30 heavy (non-hydrogen) atoms. The summed E-state index contributed by atoms with van der Waals surface area (Å²) >= 11 is 0. The minimum absolute atomic E-state index is 0. The van der Waals surface area contributed by atoms with Crippen molar-refractivity contribution in [2.45, 2.75) is 50.6 Å². The van der Waals surface area contributed by atoms with E-state index in [4.69, 9.17) is 9.47 Å². The number of aliphatic imine (C=N–C) groups is 1. The van der Waals surface area contributed by atoms with E-state index in [1.807, 2.05) is 6.92 Å². The van der Waals surface area contributed by atoms with Crippen LogP contribution in [0, 0.1) is 0 Å². The molecule has 1 heterocycles. The van der Waals surface area contributed by atoms with E-state index >= 15 is 0 Å². The van der Waals surface area contributed by atoms with Gasteiger partial charge in [-0.15, -0.1) is 37.1 Å². The van der Waals surface area contributed by atoms with E-state index in [2.05, 4.69) is 20.4 Å². The van der Waals surface area contributed by atoms with Gasteiger partial charge in [0.1, 0.15) is 5.75 Å². The molecule has 3 atom stereocenters. The minimum atomic E-state index is -4.70. The van der Waals surface area contributed by atoms with E-state index in [-0.39, 0.29) is 47.8 Å². The van der Waals surface area contributed by atoms with E-state index < -0.39 is 6.36 Å². The van der Waals surface area contributed by atoms with Crippen LogP contribution in [0.5, 0.6) is 5.75 Å². The standard InChI is InChI=1S/C20H28F3N3O3.HI/c1-2-24-19(25-9-5-10-28-14-8-11-27-13-14)26-17-12-16(17)15-6-3-4-7-18(15)29-20(21,22)23;/h3-4,6-7,14,16-17H,2,5,8-13H2,1H3,(H2,24,25,26);1H. The average Bonchev–Trinajstić information content (AvgIpc) is 3.21. The number of nitrogens with zero attached hydrogens (tertiary/aromatic N) is 1. The first-order chi connectivity index (χ1) is 14.0. The van der Waals surface area contributed by atoms with Crippen LogP contribution < -0.4 is 15.4 Å². The van der Waals surface area contributed by atoms with Gasteiger partial charge in [-0.3, -0.25) is 4.99 Å². The fourth-order valence-electron chi connectivity index (χ4n) is 3.35. The highest BCUT2D eigenvalue weighted by molar-refractivity contribution is 14.0. The Bertz CT molecular complexity index is 685. The van der Waals surface area contributed by atoms with Gasteiger partial charge in [0.05, 0.1) is 12.7 Å². The zero-order valence-electron chi connectivity index (χ0n) is 16.9. The summed E-state index contributed by atoms with van der Waals surface area (Å²) in [7, 11) is 0. The highest BCUT2D eigenvalue weighted by Crippen LogP contribution is 2.45. The molecule has 6 nitrogen and oxygen atoms in total. The van der Waals surface area contributed by atoms with Crippen LogP contribution in [0.4, 0.5) is 13.2 Å². The molecule has 10 heteroatoms. The van der Waals surface area contributed by atoms with Gasteiger partial charge in [-0.1, -0.05) is 18.2 Å². The van der Waals surface area contributed by atoms with E-state index in [9.17, 15) is 13.2 Å². The lowest BCUT2D eigenvalue weighted by Crippen LogP contribution is -2.39. The van der Waals surface area contributed by atoms with Crippen molar-refractivity contribution in [3.63, 3.8) is 0 Å². The third-order valence-electron chi connectivity index (χ3n) is 4.81. The van der Waals surface area contributed by atoms with E-state index in [0.717, 1.165) is 25.9 Å². The van der Waals surface area contributed by atoms with Crippen molar-refractivity contribution in [1.82, 2.24) is 10.6 Å². The number of rotatable bonds is 9. The second-order valence-corrected chi connectivity index (χ2v) is 7.15. The number of ether oxygens (including phenoxy) is 3. The molecular weight excluding hydrogens is 514 g/mol. The van der Waals surface area contributed by atoms with Crippen LogP contribution in [0.1, 0.15) is 37.7 Å². The van der Waals surface area contributed by atoms with Gasteiger partial charge in [-0.05, 0) is 37.8 Å². The van der Waals surface area contributed by atoms with Crippen LogP contribution in [-0.2, 0) is 9.47 Å². The lowest BCUT2D eigenvalue weighted by atomic mass is 10.1. The molecule has 0 radical (unpaired) electrons. The number of para-hydroxylation sites is 1. The molecule has 0 amide bonds. The smallest absolute Gasteiger partial charge is 0.405 e. The molecule has 1 saturated heterocycles. The quantitative estimate of drug-likeness (QED) is 0.215. The lowest BCUT2D eigenvalue weighted by Gasteiger charge is -2.14. The molecule has 2 fully saturated rings. The summed E-state index contributed by atoms with van der Waals surface area (Å²) in [5, 5.41) is 6.48. The number of hydrogen-bond donors (Lipinski definition) is 2. The van der Waals surface area contributed by atoms with Crippen LogP contribution >= 0.6 is 24.0 Å². The number of benzene rings is 1. The first kappa shape index (κ1) is 25.0. The maximum absolute atomic E-state index is 12.6. The second kappa shape index (κ2) is 11.9. The van der Waals surface area contributed by atoms with Crippen LogP contribution in [0.25, 0.3) is 0 Å². The Morgan fingerprint density at radius 2 is 2.10 bits per heavy atom. The predicted octanol–water partition coefficient (Wildman–Crippen LogP) is 3.81. The van der Waals surface area contributed by atoms with Gasteiger partial charge in [0.25, 0.3) is 0 Å². The molecule has 2 N–H and O–H groups in total. The fourth-order valence-corrected chi connectivity index (χ4v) is 3.35. The molecule has 170 valence electrons. The number of halogens is 4. The molecule has 3 rings (SSSR count). The highest BCUT2D eigenvalue weighted by Gasteiger charge is 2.42. The highest BCUT2D eigenvalue weighted by atomic mass is 127. The first-order valence-electron chi connectivity index (χ1n) is 10.0. The van der Waals surface area contributed by atoms with Gasteiger partial charge in [0.15, 0.2) is 5.96 Å². The Morgan fingerprint density at radius 1 is 1.30 bits per heavy atom. The van der Waals surface area contributed by atoms with Gasteiger partial charge >= 0.3 is 6.36 Å². The topological polar surface area (TPSA) is 64.1 Å². The summed E-state index contributed by atoms with van der Waals surface area (Å²) in [5.74, 6) is 0.491. The molecule has 1 saturated carbocycles. The molecule has 1 aliphatic carbocycles. The Kier molecular flexibility index (Phi) is 9.95. The van der Waals surface area contributed by atoms with E-state index in [1.165, 1.54) is 6.07 Å². The van der Waals surface area contributed by atoms with Crippen molar-refractivity contribution in [2.24, 2.45) is 4.99 Å². The number of alkyl halides is 3. The molecule has 0 bridgehead atoms. The summed E-state index contributed by atoms with van der Waals surface area (Å²) < 4.78 is 53.1. The summed E-state index contributed by atoms with van der Waals surface area (Å²) in [6.45, 7) is 5.33. The molecule has 1 aromatic rings. The first-order valence-corrected chi connectivity index (χ1v) is 10.0. The summed E-state index contributed by atoms with van der Waals surface area (Å²) in [4.78, 5) is 4.54. The van der Waals surface area contributed by atoms with Crippen LogP contribution in [0.3, 0.4) is 0 Å². The summed E-state index contributed by atoms with van der Waals surface area (Å²) in [6.07, 6.45) is -2.04.